The van der Waals surface area contributed by atoms with Gasteiger partial charge >= 0.3 is 0 Å². The van der Waals surface area contributed by atoms with Crippen molar-refractivity contribution in [1.29, 1.82) is 0 Å². The number of nitrogens with one attached hydrogen (secondary N) is 3. The highest BCUT2D eigenvalue weighted by Crippen LogP contribution is 2.28. The van der Waals surface area contributed by atoms with Crippen LogP contribution in [-0.2, 0) is 0 Å². The highest BCUT2D eigenvalue weighted by atomic mass is 19.1. The number of aromatic hydroxyl groups is 1. The van der Waals surface area contributed by atoms with Crippen LogP contribution in [0.15, 0.2) is 11.0 Å². The zero-order valence-electron chi connectivity index (χ0n) is 18.9. The zero-order chi connectivity index (χ0) is 23.8. The molecule has 1 saturated carbocycles. The van der Waals surface area contributed by atoms with Crippen molar-refractivity contribution >= 4 is 11.8 Å². The van der Waals surface area contributed by atoms with Gasteiger partial charge in [0.25, 0.3) is 11.8 Å². The monoisotopic (exact) mass is 456 g/mol. The number of amides is 2. The quantitative estimate of drug-likeness (QED) is 0.319. The molecule has 0 radical (unpaired) electrons. The number of aromatic amines is 1. The molecule has 2 amide bonds. The molecule has 1 heterocycles. The minimum Gasteiger partial charge on any atom is -0.503 e. The molecule has 180 valence electrons. The molecule has 0 aromatic carbocycles. The lowest BCUT2D eigenvalue weighted by molar-refractivity contribution is 0.0739. The summed E-state index contributed by atoms with van der Waals surface area (Å²) in [4.78, 5) is 41.6. The Bertz CT molecular complexity index is 846. The lowest BCUT2D eigenvalue weighted by atomic mass is 9.86. The summed E-state index contributed by atoms with van der Waals surface area (Å²) in [5.41, 5.74) is -1.67. The van der Waals surface area contributed by atoms with E-state index in [0.717, 1.165) is 19.2 Å². The van der Waals surface area contributed by atoms with Crippen molar-refractivity contribution in [1.82, 2.24) is 20.5 Å². The summed E-state index contributed by atoms with van der Waals surface area (Å²) in [7, 11) is 0. The molecule has 0 saturated heterocycles. The molecule has 2 rings (SSSR count). The van der Waals surface area contributed by atoms with E-state index in [9.17, 15) is 28.3 Å². The Kier molecular flexibility index (Phi) is 9.61. The number of hydrogen-bond acceptors (Lipinski definition) is 5. The topological polar surface area (TPSA) is 115 Å². The van der Waals surface area contributed by atoms with E-state index in [1.165, 1.54) is 4.90 Å². The second kappa shape index (κ2) is 11.9. The van der Waals surface area contributed by atoms with E-state index in [0.29, 0.717) is 18.9 Å². The van der Waals surface area contributed by atoms with Crippen LogP contribution in [0, 0.1) is 11.8 Å². The fraction of sp³-hybridized carbons (Fsp3) is 0.682. The maximum absolute atomic E-state index is 13.9. The van der Waals surface area contributed by atoms with Gasteiger partial charge in [0, 0.05) is 31.6 Å². The minimum absolute atomic E-state index is 0.0424. The van der Waals surface area contributed by atoms with Crippen LogP contribution in [0.3, 0.4) is 0 Å². The van der Waals surface area contributed by atoms with Crippen LogP contribution in [0.4, 0.5) is 8.78 Å². The molecule has 1 aromatic rings. The van der Waals surface area contributed by atoms with Gasteiger partial charge in [0.05, 0.1) is 6.67 Å². The third-order valence-electron chi connectivity index (χ3n) is 5.75. The number of rotatable bonds is 10. The van der Waals surface area contributed by atoms with Gasteiger partial charge in [-0.25, -0.2) is 8.78 Å². The van der Waals surface area contributed by atoms with Crippen LogP contribution in [0.5, 0.6) is 5.75 Å². The molecule has 3 atom stereocenters. The molecule has 10 heteroatoms. The van der Waals surface area contributed by atoms with Gasteiger partial charge in [-0.05, 0) is 38.6 Å². The van der Waals surface area contributed by atoms with Crippen molar-refractivity contribution < 1.29 is 23.5 Å². The van der Waals surface area contributed by atoms with Gasteiger partial charge in [-0.2, -0.15) is 0 Å². The summed E-state index contributed by atoms with van der Waals surface area (Å²) in [6.07, 6.45) is -0.185. The summed E-state index contributed by atoms with van der Waals surface area (Å²) in [6, 6.07) is 0. The zero-order valence-corrected chi connectivity index (χ0v) is 18.9. The molecule has 1 aliphatic carbocycles. The molecule has 1 aliphatic rings. The predicted molar refractivity (Wildman–Crippen MR) is 117 cm³/mol. The number of nitrogens with zero attached hydrogens (tertiary/aromatic N) is 1. The van der Waals surface area contributed by atoms with Gasteiger partial charge in [0.1, 0.15) is 17.9 Å². The first-order valence-electron chi connectivity index (χ1n) is 11.2. The van der Waals surface area contributed by atoms with Crippen molar-refractivity contribution in [3.63, 3.8) is 0 Å². The van der Waals surface area contributed by atoms with Crippen molar-refractivity contribution in [3.8, 4) is 5.75 Å². The Morgan fingerprint density at radius 2 is 2.03 bits per heavy atom. The second-order valence-electron chi connectivity index (χ2n) is 8.65. The van der Waals surface area contributed by atoms with Gasteiger partial charge in [0.2, 0.25) is 5.43 Å². The number of H-pyrrole nitrogens is 1. The van der Waals surface area contributed by atoms with E-state index in [2.05, 4.69) is 29.5 Å². The lowest BCUT2D eigenvalue weighted by Crippen LogP contribution is -2.41. The molecule has 32 heavy (non-hydrogen) atoms. The van der Waals surface area contributed by atoms with Crippen LogP contribution in [0.2, 0.25) is 0 Å². The van der Waals surface area contributed by atoms with Crippen molar-refractivity contribution in [3.05, 3.63) is 27.7 Å². The first-order valence-corrected chi connectivity index (χ1v) is 11.2. The largest absolute Gasteiger partial charge is 0.503 e. The highest BCUT2D eigenvalue weighted by molar-refractivity contribution is 5.98. The van der Waals surface area contributed by atoms with Crippen molar-refractivity contribution in [2.45, 2.75) is 58.8 Å². The number of carbonyl (C=O) groups is 2. The third-order valence-corrected chi connectivity index (χ3v) is 5.75. The number of alkyl halides is 2. The molecule has 0 aliphatic heterocycles. The smallest absolute Gasteiger partial charge is 0.275 e. The minimum atomic E-state index is -1.36. The van der Waals surface area contributed by atoms with E-state index in [1.54, 1.807) is 6.92 Å². The Hall–Kier alpha value is -2.49. The number of pyridine rings is 1. The molecule has 0 bridgehead atoms. The van der Waals surface area contributed by atoms with Crippen molar-refractivity contribution in [2.24, 2.45) is 11.8 Å². The second-order valence-corrected chi connectivity index (χ2v) is 8.65. The molecule has 1 aromatic heterocycles. The first-order chi connectivity index (χ1) is 15.1. The molecular formula is C22H34F2N4O4. The maximum atomic E-state index is 13.9. The van der Waals surface area contributed by atoms with E-state index in [4.69, 9.17) is 0 Å². The van der Waals surface area contributed by atoms with Crippen LogP contribution in [0.25, 0.3) is 0 Å². The van der Waals surface area contributed by atoms with Crippen LogP contribution in [-0.4, -0.2) is 65.5 Å². The summed E-state index contributed by atoms with van der Waals surface area (Å²) < 4.78 is 27.2. The van der Waals surface area contributed by atoms with E-state index in [-0.39, 0.29) is 37.3 Å². The third kappa shape index (κ3) is 6.75. The van der Waals surface area contributed by atoms with Gasteiger partial charge < -0.3 is 20.3 Å². The number of halogens is 2. The van der Waals surface area contributed by atoms with Gasteiger partial charge in [0.15, 0.2) is 11.4 Å². The molecule has 1 fully saturated rings. The predicted octanol–water partition coefficient (Wildman–Crippen LogP) is 2.34. The van der Waals surface area contributed by atoms with E-state index in [1.807, 2.05) is 0 Å². The fourth-order valence-electron chi connectivity index (χ4n) is 3.62. The van der Waals surface area contributed by atoms with Gasteiger partial charge in [-0.3, -0.25) is 19.7 Å². The number of aromatic nitrogens is 1. The Morgan fingerprint density at radius 3 is 2.66 bits per heavy atom. The maximum Gasteiger partial charge on any atom is 0.275 e. The van der Waals surface area contributed by atoms with E-state index >= 15 is 0 Å². The average Bonchev–Trinajstić information content (AvgIpc) is 2.74. The number of carbonyl (C=O) groups excluding carboxylic acids is 2. The first kappa shape index (κ1) is 25.8. The molecule has 0 spiro atoms. The molecular weight excluding hydrogens is 422 g/mol. The number of hydrogen-bond donors (Lipinski definition) is 4. The van der Waals surface area contributed by atoms with Crippen LogP contribution in [0.1, 0.15) is 67.3 Å². The standard InChI is InChI=1S/C22H34F2N4O4/c1-4-28(12-25-8-7-13(2)3)22(32)18-20(30)19(29)16(11-26-18)21(31)27-10-14-5-6-15(23)9-17(14)24/h11,13-15,17,25,30H,4-10,12H2,1-3H3,(H,26,29)(H,27,31). The molecule has 4 N–H and O–H groups in total. The summed E-state index contributed by atoms with van der Waals surface area (Å²) in [5, 5.41) is 15.9. The fourth-order valence-corrected chi connectivity index (χ4v) is 3.62. The average molecular weight is 457 g/mol. The Morgan fingerprint density at radius 1 is 1.31 bits per heavy atom. The SMILES string of the molecule is CCN(CNCCC(C)C)C(=O)c1[nH]cc(C(=O)NCC2CCC(F)CC2F)c(=O)c1O. The normalized spacial score (nSPS) is 20.9. The van der Waals surface area contributed by atoms with Crippen molar-refractivity contribution in [2.75, 3.05) is 26.3 Å². The van der Waals surface area contributed by atoms with Gasteiger partial charge in [-0.1, -0.05) is 13.8 Å². The molecule has 3 unspecified atom stereocenters. The lowest BCUT2D eigenvalue weighted by Gasteiger charge is -2.28. The van der Waals surface area contributed by atoms with Crippen LogP contribution < -0.4 is 16.1 Å². The Labute approximate surface area is 186 Å². The Balaban J connectivity index is 2.02. The summed E-state index contributed by atoms with van der Waals surface area (Å²) in [6.45, 7) is 7.23. The van der Waals surface area contributed by atoms with Crippen LogP contribution >= 0.6 is 0 Å². The van der Waals surface area contributed by atoms with Gasteiger partial charge in [-0.15, -0.1) is 0 Å². The summed E-state index contributed by atoms with van der Waals surface area (Å²) >= 11 is 0. The van der Waals surface area contributed by atoms with E-state index < -0.39 is 41.3 Å². The molecule has 8 nitrogen and oxygen atoms in total. The summed E-state index contributed by atoms with van der Waals surface area (Å²) in [5.74, 6) is -2.22. The highest BCUT2D eigenvalue weighted by Gasteiger charge is 2.31.